The number of ether oxygens (including phenoxy) is 1. The Bertz CT molecular complexity index is 1160. The summed E-state index contributed by atoms with van der Waals surface area (Å²) in [5.74, 6) is -1.09. The van der Waals surface area contributed by atoms with Crippen LogP contribution in [0.3, 0.4) is 0 Å². The van der Waals surface area contributed by atoms with Gasteiger partial charge in [0.1, 0.15) is 17.8 Å². The molecule has 1 unspecified atom stereocenters. The summed E-state index contributed by atoms with van der Waals surface area (Å²) < 4.78 is 24.9. The highest BCUT2D eigenvalue weighted by molar-refractivity contribution is 5.84. The third-order valence-electron chi connectivity index (χ3n) is 5.42. The van der Waals surface area contributed by atoms with Crippen LogP contribution in [0.4, 0.5) is 4.39 Å². The van der Waals surface area contributed by atoms with Crippen LogP contribution in [0.2, 0.25) is 0 Å². The molecule has 7 nitrogen and oxygen atoms in total. The van der Waals surface area contributed by atoms with Crippen LogP contribution >= 0.6 is 0 Å². The Morgan fingerprint density at radius 3 is 2.78 bits per heavy atom. The number of nitrogens with zero attached hydrogens (tertiary/aromatic N) is 2. The average molecular weight is 438 g/mol. The lowest BCUT2D eigenvalue weighted by atomic mass is 9.87. The van der Waals surface area contributed by atoms with Crippen LogP contribution < -0.4 is 4.74 Å². The zero-order valence-corrected chi connectivity index (χ0v) is 17.7. The summed E-state index contributed by atoms with van der Waals surface area (Å²) in [6.45, 7) is 4.19. The first-order valence-electron chi connectivity index (χ1n) is 10.3. The van der Waals surface area contributed by atoms with Crippen molar-refractivity contribution in [2.24, 2.45) is 5.92 Å². The molecule has 0 aliphatic carbocycles. The number of fused-ring (bicyclic) bond motifs is 1. The summed E-state index contributed by atoms with van der Waals surface area (Å²) in [5, 5.41) is 8.96. The van der Waals surface area contributed by atoms with Crippen LogP contribution in [0.15, 0.2) is 53.1 Å². The molecule has 0 fully saturated rings. The molecule has 1 atom stereocenters. The minimum Gasteiger partial charge on any atom is -0.484 e. The third kappa shape index (κ3) is 4.34. The number of aromatic nitrogens is 1. The number of halogens is 1. The lowest BCUT2D eigenvalue weighted by Gasteiger charge is -2.39. The van der Waals surface area contributed by atoms with E-state index in [1.54, 1.807) is 11.0 Å². The molecule has 32 heavy (non-hydrogen) atoms. The van der Waals surface area contributed by atoms with Crippen molar-refractivity contribution in [3.63, 3.8) is 0 Å². The second-order valence-electron chi connectivity index (χ2n) is 7.97. The third-order valence-corrected chi connectivity index (χ3v) is 5.42. The molecule has 1 amide bonds. The summed E-state index contributed by atoms with van der Waals surface area (Å²) in [4.78, 5) is 29.6. The molecule has 1 N–H and O–H groups in total. The van der Waals surface area contributed by atoms with Gasteiger partial charge in [-0.1, -0.05) is 32.0 Å². The molecule has 166 valence electrons. The topological polar surface area (TPSA) is 92.9 Å². The van der Waals surface area contributed by atoms with E-state index in [0.29, 0.717) is 24.3 Å². The van der Waals surface area contributed by atoms with Crippen LogP contribution in [-0.2, 0) is 17.8 Å². The maximum absolute atomic E-state index is 14.0. The Kier molecular flexibility index (Phi) is 5.94. The van der Waals surface area contributed by atoms with E-state index in [1.165, 1.54) is 12.1 Å². The molecule has 0 radical (unpaired) electrons. The summed E-state index contributed by atoms with van der Waals surface area (Å²) >= 11 is 0. The predicted octanol–water partition coefficient (Wildman–Crippen LogP) is 4.22. The number of hydrogen-bond donors (Lipinski definition) is 1. The molecule has 0 saturated carbocycles. The van der Waals surface area contributed by atoms with Crippen LogP contribution in [0.25, 0.3) is 0 Å². The molecule has 0 saturated heterocycles. The maximum Gasteiger partial charge on any atom is 0.357 e. The fourth-order valence-corrected chi connectivity index (χ4v) is 3.91. The number of carboxylic acid groups (broad SMARTS) is 1. The number of rotatable bonds is 6. The van der Waals surface area contributed by atoms with Crippen molar-refractivity contribution in [1.82, 2.24) is 9.88 Å². The van der Waals surface area contributed by atoms with E-state index in [1.807, 2.05) is 38.1 Å². The van der Waals surface area contributed by atoms with E-state index in [2.05, 4.69) is 4.98 Å². The molecule has 8 heteroatoms. The Morgan fingerprint density at radius 2 is 2.09 bits per heavy atom. The SMILES string of the molecule is CC(C)C(=O)N1CCc2ccc(OCc3nc(C(=O)O)co3)cc2C1c1cccc(F)c1. The number of aromatic carboxylic acids is 1. The second kappa shape index (κ2) is 8.82. The van der Waals surface area contributed by atoms with E-state index in [9.17, 15) is 14.0 Å². The van der Waals surface area contributed by atoms with Crippen molar-refractivity contribution in [3.05, 3.63) is 82.8 Å². The minimum absolute atomic E-state index is 0.00258. The van der Waals surface area contributed by atoms with E-state index in [0.717, 1.165) is 17.4 Å². The van der Waals surface area contributed by atoms with E-state index in [4.69, 9.17) is 14.3 Å². The molecule has 4 rings (SSSR count). The number of hydrogen-bond acceptors (Lipinski definition) is 5. The van der Waals surface area contributed by atoms with Crippen LogP contribution in [0.5, 0.6) is 5.75 Å². The van der Waals surface area contributed by atoms with Gasteiger partial charge in [-0.15, -0.1) is 0 Å². The normalized spacial score (nSPS) is 15.5. The van der Waals surface area contributed by atoms with Gasteiger partial charge in [-0.25, -0.2) is 14.2 Å². The van der Waals surface area contributed by atoms with Gasteiger partial charge in [0.15, 0.2) is 12.3 Å². The minimum atomic E-state index is -1.18. The van der Waals surface area contributed by atoms with Crippen molar-refractivity contribution in [3.8, 4) is 5.75 Å². The molecule has 0 spiro atoms. The van der Waals surface area contributed by atoms with Gasteiger partial charge in [0.2, 0.25) is 11.8 Å². The second-order valence-corrected chi connectivity index (χ2v) is 7.97. The zero-order valence-electron chi connectivity index (χ0n) is 17.7. The van der Waals surface area contributed by atoms with Gasteiger partial charge >= 0.3 is 5.97 Å². The van der Waals surface area contributed by atoms with Gasteiger partial charge in [0.25, 0.3) is 0 Å². The first-order valence-corrected chi connectivity index (χ1v) is 10.3. The van der Waals surface area contributed by atoms with Gasteiger partial charge in [-0.2, -0.15) is 0 Å². The first kappa shape index (κ1) is 21.5. The lowest BCUT2D eigenvalue weighted by Crippen LogP contribution is -2.42. The number of amides is 1. The highest BCUT2D eigenvalue weighted by atomic mass is 19.1. The zero-order chi connectivity index (χ0) is 22.8. The molecular weight excluding hydrogens is 415 g/mol. The summed E-state index contributed by atoms with van der Waals surface area (Å²) in [6.07, 6.45) is 1.74. The Hall–Kier alpha value is -3.68. The van der Waals surface area contributed by atoms with Crippen LogP contribution in [0, 0.1) is 11.7 Å². The van der Waals surface area contributed by atoms with Gasteiger partial charge in [-0.05, 0) is 47.4 Å². The van der Waals surface area contributed by atoms with Gasteiger partial charge in [0, 0.05) is 12.5 Å². The fraction of sp³-hybridized carbons (Fsp3) is 0.292. The van der Waals surface area contributed by atoms with Crippen molar-refractivity contribution in [1.29, 1.82) is 0 Å². The van der Waals surface area contributed by atoms with E-state index < -0.39 is 12.0 Å². The molecule has 2 aromatic carbocycles. The summed E-state index contributed by atoms with van der Waals surface area (Å²) in [7, 11) is 0. The van der Waals surface area contributed by atoms with Crippen LogP contribution in [0.1, 0.15) is 53.0 Å². The molecule has 2 heterocycles. The Labute approximate surface area is 184 Å². The quantitative estimate of drug-likeness (QED) is 0.619. The van der Waals surface area contributed by atoms with Gasteiger partial charge in [-0.3, -0.25) is 4.79 Å². The van der Waals surface area contributed by atoms with Crippen molar-refractivity contribution in [2.75, 3.05) is 6.54 Å². The highest BCUT2D eigenvalue weighted by Crippen LogP contribution is 2.38. The summed E-state index contributed by atoms with van der Waals surface area (Å²) in [6, 6.07) is 11.4. The fourth-order valence-electron chi connectivity index (χ4n) is 3.91. The molecule has 3 aromatic rings. The molecule has 0 bridgehead atoms. The first-order chi connectivity index (χ1) is 15.3. The number of carboxylic acids is 1. The standard InChI is InChI=1S/C24H23FN2O5/c1-14(2)23(28)27-9-8-15-6-7-18(31-13-21-26-20(12-32-21)24(29)30)11-19(15)22(27)16-4-3-5-17(25)10-16/h3-7,10-12,14,22H,8-9,13H2,1-2H3,(H,29,30). The Morgan fingerprint density at radius 1 is 1.28 bits per heavy atom. The average Bonchev–Trinajstić information content (AvgIpc) is 3.25. The molecular formula is C24H23FN2O5. The number of carbonyl (C=O) groups is 2. The van der Waals surface area contributed by atoms with Crippen molar-refractivity contribution in [2.45, 2.75) is 32.9 Å². The predicted molar refractivity (Wildman–Crippen MR) is 113 cm³/mol. The molecule has 1 aliphatic heterocycles. The van der Waals surface area contributed by atoms with Crippen LogP contribution in [-0.4, -0.2) is 33.4 Å². The maximum atomic E-state index is 14.0. The van der Waals surface area contributed by atoms with Gasteiger partial charge in [0.05, 0.1) is 6.04 Å². The molecule has 1 aliphatic rings. The Balaban J connectivity index is 1.66. The van der Waals surface area contributed by atoms with Crippen molar-refractivity contribution < 1.29 is 28.2 Å². The molecule has 1 aromatic heterocycles. The van der Waals surface area contributed by atoms with E-state index in [-0.39, 0.29) is 35.8 Å². The number of carbonyl (C=O) groups excluding carboxylic acids is 1. The van der Waals surface area contributed by atoms with Gasteiger partial charge < -0.3 is 19.2 Å². The monoisotopic (exact) mass is 438 g/mol. The van der Waals surface area contributed by atoms with Crippen molar-refractivity contribution >= 4 is 11.9 Å². The largest absolute Gasteiger partial charge is 0.484 e. The number of benzene rings is 2. The highest BCUT2D eigenvalue weighted by Gasteiger charge is 2.33. The number of oxazole rings is 1. The lowest BCUT2D eigenvalue weighted by molar-refractivity contribution is -0.136. The summed E-state index contributed by atoms with van der Waals surface area (Å²) in [5.41, 5.74) is 2.43. The van der Waals surface area contributed by atoms with E-state index >= 15 is 0 Å². The smallest absolute Gasteiger partial charge is 0.357 e.